The minimum absolute atomic E-state index is 0.0284. The number of halogens is 1. The van der Waals surface area contributed by atoms with Gasteiger partial charge in [0.05, 0.1) is 4.92 Å². The number of nitrogens with one attached hydrogen (secondary N) is 1. The van der Waals surface area contributed by atoms with E-state index in [1.165, 1.54) is 12.1 Å². The van der Waals surface area contributed by atoms with Crippen molar-refractivity contribution in [3.8, 4) is 0 Å². The normalized spacial score (nSPS) is 12.1. The summed E-state index contributed by atoms with van der Waals surface area (Å²) < 4.78 is 13.3. The highest BCUT2D eigenvalue weighted by Gasteiger charge is 2.16. The van der Waals surface area contributed by atoms with Crippen molar-refractivity contribution < 1.29 is 9.31 Å². The van der Waals surface area contributed by atoms with E-state index in [0.717, 1.165) is 11.6 Å². The van der Waals surface area contributed by atoms with Crippen molar-refractivity contribution in [3.05, 3.63) is 75.6 Å². The third-order valence-electron chi connectivity index (χ3n) is 3.49. The molecule has 0 aliphatic carbocycles. The Labute approximate surface area is 122 Å². The summed E-state index contributed by atoms with van der Waals surface area (Å²) in [4.78, 5) is 10.5. The number of aryl methyl sites for hydroxylation is 1. The number of hydrogen-bond acceptors (Lipinski definition) is 3. The van der Waals surface area contributed by atoms with Gasteiger partial charge in [-0.05, 0) is 37.6 Å². The van der Waals surface area contributed by atoms with Crippen LogP contribution in [-0.4, -0.2) is 12.0 Å². The van der Waals surface area contributed by atoms with Gasteiger partial charge in [-0.15, -0.1) is 0 Å². The smallest absolute Gasteiger partial charge is 0.272 e. The van der Waals surface area contributed by atoms with Gasteiger partial charge in [-0.3, -0.25) is 10.1 Å². The first-order valence-corrected chi connectivity index (χ1v) is 6.77. The van der Waals surface area contributed by atoms with Gasteiger partial charge in [-0.1, -0.05) is 30.3 Å². The first-order chi connectivity index (χ1) is 10.1. The second-order valence-electron chi connectivity index (χ2n) is 4.82. The Kier molecular flexibility index (Phi) is 5.00. The van der Waals surface area contributed by atoms with E-state index >= 15 is 0 Å². The third-order valence-corrected chi connectivity index (χ3v) is 3.49. The Morgan fingerprint density at radius 3 is 2.57 bits per heavy atom. The van der Waals surface area contributed by atoms with E-state index in [1.807, 2.05) is 37.4 Å². The fourth-order valence-electron chi connectivity index (χ4n) is 2.40. The fourth-order valence-corrected chi connectivity index (χ4v) is 2.40. The van der Waals surface area contributed by atoms with Crippen LogP contribution in [0.2, 0.25) is 0 Å². The highest BCUT2D eigenvalue weighted by Crippen LogP contribution is 2.24. The summed E-state index contributed by atoms with van der Waals surface area (Å²) >= 11 is 0. The molecule has 0 aliphatic heterocycles. The molecule has 2 rings (SSSR count). The summed E-state index contributed by atoms with van der Waals surface area (Å²) in [7, 11) is 1.84. The quantitative estimate of drug-likeness (QED) is 0.652. The third kappa shape index (κ3) is 3.86. The van der Waals surface area contributed by atoms with Crippen molar-refractivity contribution >= 4 is 5.69 Å². The molecule has 0 saturated carbocycles. The molecule has 110 valence electrons. The molecule has 1 N–H and O–H groups in total. The molecule has 0 radical (unpaired) electrons. The standard InChI is InChI=1S/C16H17FN2O2/c1-18-15(12-5-3-2-4-6-12)9-7-13-11-14(17)8-10-16(13)19(20)21/h2-6,8,10-11,15,18H,7,9H2,1H3. The molecule has 0 heterocycles. The molecule has 1 atom stereocenters. The number of nitro benzene ring substituents is 1. The second kappa shape index (κ2) is 6.95. The Balaban J connectivity index is 2.15. The summed E-state index contributed by atoms with van der Waals surface area (Å²) in [5, 5.41) is 14.2. The van der Waals surface area contributed by atoms with E-state index in [9.17, 15) is 14.5 Å². The molecular weight excluding hydrogens is 271 g/mol. The van der Waals surface area contributed by atoms with E-state index in [4.69, 9.17) is 0 Å². The van der Waals surface area contributed by atoms with Gasteiger partial charge in [-0.2, -0.15) is 0 Å². The van der Waals surface area contributed by atoms with Crippen molar-refractivity contribution in [1.29, 1.82) is 0 Å². The molecule has 0 aliphatic rings. The van der Waals surface area contributed by atoms with Gasteiger partial charge >= 0.3 is 0 Å². The Bertz CT molecular complexity index is 617. The minimum atomic E-state index is -0.467. The first-order valence-electron chi connectivity index (χ1n) is 6.77. The van der Waals surface area contributed by atoms with Crippen LogP contribution in [0, 0.1) is 15.9 Å². The zero-order valence-electron chi connectivity index (χ0n) is 11.8. The van der Waals surface area contributed by atoms with Crippen molar-refractivity contribution in [1.82, 2.24) is 5.32 Å². The van der Waals surface area contributed by atoms with Gasteiger partial charge in [0.1, 0.15) is 5.82 Å². The molecule has 0 fully saturated rings. The van der Waals surface area contributed by atoms with Gasteiger partial charge in [-0.25, -0.2) is 4.39 Å². The number of benzene rings is 2. The largest absolute Gasteiger partial charge is 0.313 e. The second-order valence-corrected chi connectivity index (χ2v) is 4.82. The summed E-state index contributed by atoms with van der Waals surface area (Å²) in [6, 6.07) is 13.5. The van der Waals surface area contributed by atoms with Gasteiger partial charge in [0.25, 0.3) is 5.69 Å². The van der Waals surface area contributed by atoms with Crippen molar-refractivity contribution in [2.24, 2.45) is 0 Å². The van der Waals surface area contributed by atoms with E-state index in [1.54, 1.807) is 0 Å². The number of nitro groups is 1. The van der Waals surface area contributed by atoms with Crippen molar-refractivity contribution in [2.45, 2.75) is 18.9 Å². The Hall–Kier alpha value is -2.27. The summed E-state index contributed by atoms with van der Waals surface area (Å²) in [6.45, 7) is 0. The van der Waals surface area contributed by atoms with Crippen LogP contribution in [0.5, 0.6) is 0 Å². The molecule has 5 heteroatoms. The molecule has 21 heavy (non-hydrogen) atoms. The Morgan fingerprint density at radius 1 is 1.24 bits per heavy atom. The Morgan fingerprint density at radius 2 is 1.95 bits per heavy atom. The molecule has 0 bridgehead atoms. The van der Waals surface area contributed by atoms with Crippen LogP contribution in [0.15, 0.2) is 48.5 Å². The molecular formula is C16H17FN2O2. The van der Waals surface area contributed by atoms with E-state index in [-0.39, 0.29) is 11.7 Å². The lowest BCUT2D eigenvalue weighted by atomic mass is 9.98. The predicted octanol–water partition coefficient (Wildman–Crippen LogP) is 3.63. The van der Waals surface area contributed by atoms with Crippen LogP contribution in [0.25, 0.3) is 0 Å². The lowest BCUT2D eigenvalue weighted by Crippen LogP contribution is -2.17. The van der Waals surface area contributed by atoms with Crippen LogP contribution in [0.1, 0.15) is 23.6 Å². The highest BCUT2D eigenvalue weighted by atomic mass is 19.1. The molecule has 0 amide bonds. The van der Waals surface area contributed by atoms with E-state index in [2.05, 4.69) is 5.32 Å². The monoisotopic (exact) mass is 288 g/mol. The van der Waals surface area contributed by atoms with Crippen molar-refractivity contribution in [2.75, 3.05) is 7.05 Å². The summed E-state index contributed by atoms with van der Waals surface area (Å²) in [5.74, 6) is -0.448. The first kappa shape index (κ1) is 15.1. The molecule has 0 saturated heterocycles. The fraction of sp³-hybridized carbons (Fsp3) is 0.250. The zero-order chi connectivity index (χ0) is 15.2. The number of nitrogens with zero attached hydrogens (tertiary/aromatic N) is 1. The van der Waals surface area contributed by atoms with E-state index < -0.39 is 10.7 Å². The average molecular weight is 288 g/mol. The lowest BCUT2D eigenvalue weighted by molar-refractivity contribution is -0.385. The summed E-state index contributed by atoms with van der Waals surface area (Å²) in [5.41, 5.74) is 1.51. The topological polar surface area (TPSA) is 55.2 Å². The molecule has 2 aromatic carbocycles. The molecule has 4 nitrogen and oxygen atoms in total. The maximum atomic E-state index is 13.3. The number of hydrogen-bond donors (Lipinski definition) is 1. The van der Waals surface area contributed by atoms with Crippen LogP contribution < -0.4 is 5.32 Å². The minimum Gasteiger partial charge on any atom is -0.313 e. The van der Waals surface area contributed by atoms with Crippen LogP contribution >= 0.6 is 0 Å². The number of rotatable bonds is 6. The molecule has 2 aromatic rings. The molecule has 1 unspecified atom stereocenters. The van der Waals surface area contributed by atoms with Gasteiger partial charge < -0.3 is 5.32 Å². The van der Waals surface area contributed by atoms with Crippen LogP contribution in [0.4, 0.5) is 10.1 Å². The lowest BCUT2D eigenvalue weighted by Gasteiger charge is -2.16. The maximum absolute atomic E-state index is 13.3. The van der Waals surface area contributed by atoms with Crippen LogP contribution in [-0.2, 0) is 6.42 Å². The van der Waals surface area contributed by atoms with Gasteiger partial charge in [0, 0.05) is 17.7 Å². The van der Waals surface area contributed by atoms with Gasteiger partial charge in [0.15, 0.2) is 0 Å². The highest BCUT2D eigenvalue weighted by molar-refractivity contribution is 5.40. The van der Waals surface area contributed by atoms with Crippen LogP contribution in [0.3, 0.4) is 0 Å². The SMILES string of the molecule is CNC(CCc1cc(F)ccc1[N+](=O)[O-])c1ccccc1. The van der Waals surface area contributed by atoms with Crippen molar-refractivity contribution in [3.63, 3.8) is 0 Å². The van der Waals surface area contributed by atoms with Gasteiger partial charge in [0.2, 0.25) is 0 Å². The van der Waals surface area contributed by atoms with E-state index in [0.29, 0.717) is 18.4 Å². The molecule has 0 spiro atoms. The molecule has 0 aromatic heterocycles. The predicted molar refractivity (Wildman–Crippen MR) is 79.6 cm³/mol. The maximum Gasteiger partial charge on any atom is 0.272 e. The zero-order valence-corrected chi connectivity index (χ0v) is 11.8. The average Bonchev–Trinajstić information content (AvgIpc) is 2.48. The summed E-state index contributed by atoms with van der Waals surface area (Å²) in [6.07, 6.45) is 1.10.